The molecule has 1 aromatic carbocycles. The van der Waals surface area contributed by atoms with E-state index in [1.807, 2.05) is 4.90 Å². The highest BCUT2D eigenvalue weighted by Gasteiger charge is 2.46. The number of amides is 2. The number of halogens is 4. The zero-order chi connectivity index (χ0) is 25.1. The summed E-state index contributed by atoms with van der Waals surface area (Å²) in [6.07, 6.45) is -8.54. The molecule has 1 spiro atoms. The van der Waals surface area contributed by atoms with Crippen LogP contribution in [-0.2, 0) is 9.53 Å². The Morgan fingerprint density at radius 3 is 2.74 bits per heavy atom. The Kier molecular flexibility index (Phi) is 7.84. The number of nitrogens with zero attached hydrogens (tertiary/aromatic N) is 3. The van der Waals surface area contributed by atoms with Gasteiger partial charge in [0, 0.05) is 48.6 Å². The molecule has 0 aromatic heterocycles. The van der Waals surface area contributed by atoms with Crippen molar-refractivity contribution in [1.82, 2.24) is 15.6 Å². The minimum Gasteiger partial charge on any atom is -0.435 e. The third-order valence-electron chi connectivity index (χ3n) is 5.69. The largest absolute Gasteiger partial charge is 0.435 e. The second-order valence-corrected chi connectivity index (χ2v) is 9.15. The molecule has 0 bridgehead atoms. The van der Waals surface area contributed by atoms with E-state index in [4.69, 9.17) is 9.84 Å². The zero-order valence-electron chi connectivity index (χ0n) is 18.2. The van der Waals surface area contributed by atoms with Gasteiger partial charge in [0.05, 0.1) is 18.1 Å². The first kappa shape index (κ1) is 25.9. The molecule has 2 aliphatic heterocycles. The molecule has 2 aliphatic rings. The first-order chi connectivity index (χ1) is 15.9. The normalized spacial score (nSPS) is 19.9. The van der Waals surface area contributed by atoms with Gasteiger partial charge < -0.3 is 20.1 Å². The summed E-state index contributed by atoms with van der Waals surface area (Å²) in [4.78, 5) is 25.8. The Morgan fingerprint density at radius 1 is 1.44 bits per heavy atom. The third-order valence-corrected chi connectivity index (χ3v) is 6.38. The molecular formula is C21H23BrF3N5O4. The second-order valence-electron chi connectivity index (χ2n) is 8.29. The summed E-state index contributed by atoms with van der Waals surface area (Å²) >= 11 is 3.46. The number of likely N-dealkylation sites (tertiary alicyclic amines) is 1. The van der Waals surface area contributed by atoms with Crippen LogP contribution in [0.25, 0.3) is 0 Å². The quantitative estimate of drug-likeness (QED) is 0.503. The van der Waals surface area contributed by atoms with E-state index in [1.165, 1.54) is 0 Å². The van der Waals surface area contributed by atoms with Crippen LogP contribution in [0.3, 0.4) is 0 Å². The van der Waals surface area contributed by atoms with Crippen molar-refractivity contribution in [2.75, 3.05) is 19.6 Å². The highest BCUT2D eigenvalue weighted by Crippen LogP contribution is 2.35. The molecule has 34 heavy (non-hydrogen) atoms. The number of piperidine rings is 1. The molecule has 1 aromatic rings. The number of alkyl halides is 3. The monoisotopic (exact) mass is 545 g/mol. The van der Waals surface area contributed by atoms with Crippen LogP contribution in [0.15, 0.2) is 27.8 Å². The highest BCUT2D eigenvalue weighted by atomic mass is 79.9. The Hall–Kier alpha value is -2.69. The van der Waals surface area contributed by atoms with E-state index in [0.717, 1.165) is 0 Å². The maximum absolute atomic E-state index is 12.4. The lowest BCUT2D eigenvalue weighted by atomic mass is 9.82. The first-order valence-corrected chi connectivity index (χ1v) is 11.3. The van der Waals surface area contributed by atoms with Gasteiger partial charge in [-0.05, 0) is 25.1 Å². The summed E-state index contributed by atoms with van der Waals surface area (Å²) in [5.74, 6) is -0.894. The van der Waals surface area contributed by atoms with E-state index in [9.17, 15) is 28.0 Å². The topological polar surface area (TPSA) is 127 Å². The predicted octanol–water partition coefficient (Wildman–Crippen LogP) is 2.42. The molecule has 2 atom stereocenters. The van der Waals surface area contributed by atoms with Crippen LogP contribution in [0.4, 0.5) is 18.0 Å². The van der Waals surface area contributed by atoms with Crippen molar-refractivity contribution in [2.45, 2.75) is 50.1 Å². The number of nitrogens with one attached hydrogen (secondary N) is 2. The van der Waals surface area contributed by atoms with Gasteiger partial charge in [0.2, 0.25) is 5.91 Å². The van der Waals surface area contributed by atoms with Crippen LogP contribution < -0.4 is 10.7 Å². The van der Waals surface area contributed by atoms with E-state index in [1.54, 1.807) is 25.1 Å². The van der Waals surface area contributed by atoms with Crippen LogP contribution in [-0.4, -0.2) is 71.3 Å². The smallest absolute Gasteiger partial charge is 0.428 e. The van der Waals surface area contributed by atoms with Gasteiger partial charge in [-0.3, -0.25) is 4.79 Å². The number of ether oxygens (including phenoxy) is 1. The standard InChI is InChI=1S/C21H23BrF3N5O4/c1-12(27-17(32)9-16(31)21(23,24)25)11-30-6-4-20(5-7-30)18(28-29-19(33)34-20)14-8-13(10-26)2-3-15(14)22/h2-3,8,12,16,31H,4-7,9,11H2,1H3,(H,27,32)(H,29,33)/t12-,16+/m0/s1. The number of aliphatic hydroxyl groups excluding tert-OH is 1. The van der Waals surface area contributed by atoms with Gasteiger partial charge in [-0.15, -0.1) is 0 Å². The summed E-state index contributed by atoms with van der Waals surface area (Å²) in [6, 6.07) is 6.63. The van der Waals surface area contributed by atoms with Crippen molar-refractivity contribution in [3.8, 4) is 6.07 Å². The Balaban J connectivity index is 1.64. The van der Waals surface area contributed by atoms with Crippen LogP contribution >= 0.6 is 15.9 Å². The maximum Gasteiger partial charge on any atom is 0.428 e. The van der Waals surface area contributed by atoms with Gasteiger partial charge in [-0.2, -0.15) is 23.5 Å². The average molecular weight is 546 g/mol. The molecule has 2 heterocycles. The second kappa shape index (κ2) is 10.3. The molecule has 1 fully saturated rings. The summed E-state index contributed by atoms with van der Waals surface area (Å²) in [6.45, 7) is 2.95. The minimum atomic E-state index is -4.85. The lowest BCUT2D eigenvalue weighted by molar-refractivity contribution is -0.206. The molecule has 184 valence electrons. The number of aliphatic hydroxyl groups is 1. The molecule has 0 unspecified atom stereocenters. The van der Waals surface area contributed by atoms with Crippen molar-refractivity contribution in [3.63, 3.8) is 0 Å². The maximum atomic E-state index is 12.4. The van der Waals surface area contributed by atoms with Crippen molar-refractivity contribution in [1.29, 1.82) is 5.26 Å². The molecule has 9 nitrogen and oxygen atoms in total. The molecule has 0 radical (unpaired) electrons. The third kappa shape index (κ3) is 6.05. The Bertz CT molecular complexity index is 1020. The molecule has 2 amide bonds. The van der Waals surface area contributed by atoms with Gasteiger partial charge in [-0.1, -0.05) is 15.9 Å². The minimum absolute atomic E-state index is 0.357. The van der Waals surface area contributed by atoms with E-state index in [-0.39, 0.29) is 0 Å². The number of hydrazone groups is 1. The van der Waals surface area contributed by atoms with Crippen LogP contribution in [0.2, 0.25) is 0 Å². The number of hydrogen-bond donors (Lipinski definition) is 3. The van der Waals surface area contributed by atoms with Crippen molar-refractivity contribution < 1.29 is 32.6 Å². The number of benzene rings is 1. The van der Waals surface area contributed by atoms with E-state index >= 15 is 0 Å². The predicted molar refractivity (Wildman–Crippen MR) is 118 cm³/mol. The number of rotatable bonds is 6. The van der Waals surface area contributed by atoms with E-state index in [0.29, 0.717) is 53.8 Å². The van der Waals surface area contributed by atoms with E-state index < -0.39 is 42.3 Å². The summed E-state index contributed by atoms with van der Waals surface area (Å²) in [7, 11) is 0. The molecule has 3 N–H and O–H groups in total. The van der Waals surface area contributed by atoms with Gasteiger partial charge >= 0.3 is 12.3 Å². The van der Waals surface area contributed by atoms with Crippen LogP contribution in [0.1, 0.15) is 37.3 Å². The highest BCUT2D eigenvalue weighted by molar-refractivity contribution is 9.10. The Morgan fingerprint density at radius 2 is 2.12 bits per heavy atom. The molecule has 0 saturated carbocycles. The molecule has 1 saturated heterocycles. The van der Waals surface area contributed by atoms with Gasteiger partial charge in [0.1, 0.15) is 5.71 Å². The van der Waals surface area contributed by atoms with Crippen molar-refractivity contribution in [3.05, 3.63) is 33.8 Å². The summed E-state index contributed by atoms with van der Waals surface area (Å²) < 4.78 is 43.7. The van der Waals surface area contributed by atoms with Gasteiger partial charge in [0.15, 0.2) is 11.7 Å². The fourth-order valence-electron chi connectivity index (χ4n) is 4.03. The fourth-order valence-corrected chi connectivity index (χ4v) is 4.46. The number of carbonyl (C=O) groups is 2. The first-order valence-electron chi connectivity index (χ1n) is 10.5. The number of carbonyl (C=O) groups excluding carboxylic acids is 2. The molecular weight excluding hydrogens is 523 g/mol. The van der Waals surface area contributed by atoms with Gasteiger partial charge in [-0.25, -0.2) is 10.2 Å². The average Bonchev–Trinajstić information content (AvgIpc) is 2.75. The molecule has 0 aliphatic carbocycles. The molecule has 13 heteroatoms. The lowest BCUT2D eigenvalue weighted by Crippen LogP contribution is -2.57. The van der Waals surface area contributed by atoms with Crippen molar-refractivity contribution >= 4 is 33.6 Å². The summed E-state index contributed by atoms with van der Waals surface area (Å²) in [5, 5.41) is 25.0. The molecule has 3 rings (SSSR count). The van der Waals surface area contributed by atoms with Crippen molar-refractivity contribution in [2.24, 2.45) is 5.10 Å². The Labute approximate surface area is 202 Å². The zero-order valence-corrected chi connectivity index (χ0v) is 19.7. The van der Waals surface area contributed by atoms with E-state index in [2.05, 4.69) is 37.8 Å². The van der Waals surface area contributed by atoms with Crippen LogP contribution in [0, 0.1) is 11.3 Å². The SMILES string of the molecule is C[C@@H](CN1CCC2(CC1)OC(=O)NN=C2c1cc(C#N)ccc1Br)NC(=O)C[C@@H](O)C(F)(F)F. The lowest BCUT2D eigenvalue weighted by Gasteiger charge is -2.43. The fraction of sp³-hybridized carbons (Fsp3) is 0.524. The van der Waals surface area contributed by atoms with Crippen LogP contribution in [0.5, 0.6) is 0 Å². The summed E-state index contributed by atoms with van der Waals surface area (Å²) in [5.41, 5.74) is 2.83. The van der Waals surface area contributed by atoms with Gasteiger partial charge in [0.25, 0.3) is 0 Å². The number of hydrogen-bond acceptors (Lipinski definition) is 7. The number of nitriles is 1.